The molecule has 0 aliphatic carbocycles. The topological polar surface area (TPSA) is 76.5 Å². The van der Waals surface area contributed by atoms with Gasteiger partial charge < -0.3 is 10.1 Å². The monoisotopic (exact) mass is 576 g/mol. The second-order valence-electron chi connectivity index (χ2n) is 10.1. The zero-order valence-corrected chi connectivity index (χ0v) is 23.8. The van der Waals surface area contributed by atoms with Gasteiger partial charge in [0.15, 0.2) is 0 Å². The predicted octanol–water partition coefficient (Wildman–Crippen LogP) is 5.77. The number of thioether (sulfide) groups is 1. The molecule has 0 bridgehead atoms. The van der Waals surface area contributed by atoms with Crippen molar-refractivity contribution >= 4 is 29.4 Å². The maximum Gasteiger partial charge on any atom is 0.240 e. The standard InChI is InChI=1S/C31H30F2N4O3S/c1-19(2)16-34-26(38)17-36-27(39)18-41-30(24-14-9-21(32)15-25(24)33)28-29(20-7-5-4-6-8-20)35-37(31(28)36)22-10-12-23(40-3)13-11-22/h4-15,19,30H,16-18H2,1-3H3,(H,34,38)/t30-/m1/s1. The van der Waals surface area contributed by atoms with Crippen LogP contribution in [0.3, 0.4) is 0 Å². The molecule has 0 saturated heterocycles. The van der Waals surface area contributed by atoms with E-state index in [-0.39, 0.29) is 35.6 Å². The molecule has 2 amide bonds. The highest BCUT2D eigenvalue weighted by molar-refractivity contribution is 8.00. The van der Waals surface area contributed by atoms with E-state index >= 15 is 4.39 Å². The molecular weight excluding hydrogens is 546 g/mol. The lowest BCUT2D eigenvalue weighted by atomic mass is 9.99. The molecule has 1 N–H and O–H groups in total. The third-order valence-corrected chi connectivity index (χ3v) is 7.94. The molecule has 2 heterocycles. The second-order valence-corrected chi connectivity index (χ2v) is 11.2. The molecule has 41 heavy (non-hydrogen) atoms. The maximum absolute atomic E-state index is 15.3. The van der Waals surface area contributed by atoms with Gasteiger partial charge in [-0.2, -0.15) is 5.10 Å². The lowest BCUT2D eigenvalue weighted by Gasteiger charge is -2.23. The number of benzene rings is 3. The summed E-state index contributed by atoms with van der Waals surface area (Å²) >= 11 is 1.22. The highest BCUT2D eigenvalue weighted by atomic mass is 32.2. The molecule has 7 nitrogen and oxygen atoms in total. The minimum Gasteiger partial charge on any atom is -0.497 e. The van der Waals surface area contributed by atoms with E-state index in [2.05, 4.69) is 5.32 Å². The van der Waals surface area contributed by atoms with Crippen molar-refractivity contribution in [2.75, 3.05) is 30.9 Å². The van der Waals surface area contributed by atoms with E-state index in [0.717, 1.165) is 11.6 Å². The molecular formula is C31H30F2N4O3S. The number of fused-ring (bicyclic) bond motifs is 1. The Morgan fingerprint density at radius 1 is 1.10 bits per heavy atom. The number of nitrogens with zero attached hydrogens (tertiary/aromatic N) is 3. The normalized spacial score (nSPS) is 15.0. The van der Waals surface area contributed by atoms with Gasteiger partial charge in [-0.25, -0.2) is 13.5 Å². The quantitative estimate of drug-likeness (QED) is 0.288. The van der Waals surface area contributed by atoms with Crippen molar-refractivity contribution in [3.8, 4) is 22.7 Å². The summed E-state index contributed by atoms with van der Waals surface area (Å²) in [6, 6.07) is 20.0. The second kappa shape index (κ2) is 12.1. The number of carbonyl (C=O) groups excluding carboxylic acids is 2. The number of amides is 2. The highest BCUT2D eigenvalue weighted by Crippen LogP contribution is 2.49. The summed E-state index contributed by atoms with van der Waals surface area (Å²) in [5.74, 6) is -0.860. The molecule has 5 rings (SSSR count). The van der Waals surface area contributed by atoms with Gasteiger partial charge in [0, 0.05) is 29.3 Å². The van der Waals surface area contributed by atoms with Crippen molar-refractivity contribution in [1.29, 1.82) is 0 Å². The summed E-state index contributed by atoms with van der Waals surface area (Å²) in [5, 5.41) is 7.14. The number of halogens is 2. The summed E-state index contributed by atoms with van der Waals surface area (Å²) in [5.41, 5.74) is 2.69. The Hall–Kier alpha value is -4.18. The Balaban J connectivity index is 1.77. The maximum atomic E-state index is 15.3. The number of ether oxygens (including phenoxy) is 1. The number of aromatic nitrogens is 2. The van der Waals surface area contributed by atoms with Gasteiger partial charge in [-0.3, -0.25) is 14.5 Å². The molecule has 0 unspecified atom stereocenters. The van der Waals surface area contributed by atoms with Crippen LogP contribution in [0.2, 0.25) is 0 Å². The fraction of sp³-hybridized carbons (Fsp3) is 0.258. The van der Waals surface area contributed by atoms with E-state index in [1.807, 2.05) is 44.2 Å². The lowest BCUT2D eigenvalue weighted by Crippen LogP contribution is -2.43. The molecule has 10 heteroatoms. The smallest absolute Gasteiger partial charge is 0.240 e. The van der Waals surface area contributed by atoms with E-state index in [0.29, 0.717) is 35.1 Å². The average Bonchev–Trinajstić information content (AvgIpc) is 3.30. The van der Waals surface area contributed by atoms with Crippen molar-refractivity contribution in [3.63, 3.8) is 0 Å². The van der Waals surface area contributed by atoms with Crippen molar-refractivity contribution < 1.29 is 23.1 Å². The van der Waals surface area contributed by atoms with Crippen LogP contribution in [0.5, 0.6) is 5.75 Å². The number of methoxy groups -OCH3 is 1. The molecule has 1 aromatic heterocycles. The van der Waals surface area contributed by atoms with Crippen molar-refractivity contribution in [3.05, 3.63) is 95.6 Å². The predicted molar refractivity (Wildman–Crippen MR) is 156 cm³/mol. The van der Waals surface area contributed by atoms with E-state index in [9.17, 15) is 14.0 Å². The van der Waals surface area contributed by atoms with E-state index in [4.69, 9.17) is 9.84 Å². The Morgan fingerprint density at radius 2 is 1.83 bits per heavy atom. The number of nitrogens with one attached hydrogen (secondary N) is 1. The minimum atomic E-state index is -0.722. The molecule has 3 aromatic carbocycles. The fourth-order valence-electron chi connectivity index (χ4n) is 4.71. The number of carbonyl (C=O) groups is 2. The van der Waals surface area contributed by atoms with E-state index in [1.54, 1.807) is 36.1 Å². The van der Waals surface area contributed by atoms with Gasteiger partial charge in [-0.05, 0) is 36.2 Å². The Morgan fingerprint density at radius 3 is 2.49 bits per heavy atom. The zero-order valence-electron chi connectivity index (χ0n) is 22.9. The van der Waals surface area contributed by atoms with Gasteiger partial charge in [0.25, 0.3) is 0 Å². The van der Waals surface area contributed by atoms with Gasteiger partial charge in [-0.15, -0.1) is 11.8 Å². The highest BCUT2D eigenvalue weighted by Gasteiger charge is 2.38. The van der Waals surface area contributed by atoms with Crippen LogP contribution in [0.1, 0.15) is 30.2 Å². The van der Waals surface area contributed by atoms with Crippen LogP contribution >= 0.6 is 11.8 Å². The Bertz CT molecular complexity index is 1560. The summed E-state index contributed by atoms with van der Waals surface area (Å²) in [7, 11) is 1.57. The first-order valence-corrected chi connectivity index (χ1v) is 14.3. The zero-order chi connectivity index (χ0) is 29.1. The molecule has 0 saturated carbocycles. The third-order valence-electron chi connectivity index (χ3n) is 6.71. The van der Waals surface area contributed by atoms with Crippen molar-refractivity contribution in [1.82, 2.24) is 15.1 Å². The number of anilines is 1. The van der Waals surface area contributed by atoms with Crippen LogP contribution in [0.4, 0.5) is 14.6 Å². The first-order valence-electron chi connectivity index (χ1n) is 13.2. The average molecular weight is 577 g/mol. The number of hydrogen-bond donors (Lipinski definition) is 1. The van der Waals surface area contributed by atoms with Crippen molar-refractivity contribution in [2.45, 2.75) is 19.1 Å². The molecule has 1 aliphatic heterocycles. The van der Waals surface area contributed by atoms with Gasteiger partial charge in [0.05, 0.1) is 29.5 Å². The summed E-state index contributed by atoms with van der Waals surface area (Å²) in [4.78, 5) is 28.2. The largest absolute Gasteiger partial charge is 0.497 e. The first-order chi connectivity index (χ1) is 19.8. The van der Waals surface area contributed by atoms with Crippen molar-refractivity contribution in [2.24, 2.45) is 5.92 Å². The SMILES string of the molecule is COc1ccc(-n2nc(-c3ccccc3)c3c2N(CC(=O)NCC(C)C)C(=O)CS[C@@H]3c2ccc(F)cc2F)cc1. The summed E-state index contributed by atoms with van der Waals surface area (Å²) in [6.45, 7) is 4.18. The molecule has 0 fully saturated rings. The van der Waals surface area contributed by atoms with E-state index in [1.165, 1.54) is 28.8 Å². The lowest BCUT2D eigenvalue weighted by molar-refractivity contribution is -0.123. The van der Waals surface area contributed by atoms with Crippen LogP contribution in [0.25, 0.3) is 16.9 Å². The van der Waals surface area contributed by atoms with Crippen LogP contribution in [0.15, 0.2) is 72.8 Å². The van der Waals surface area contributed by atoms with Gasteiger partial charge in [0.1, 0.15) is 29.7 Å². The van der Waals surface area contributed by atoms with Crippen LogP contribution in [-0.4, -0.2) is 47.5 Å². The Labute approximate surface area is 241 Å². The van der Waals surface area contributed by atoms with Crippen LogP contribution < -0.4 is 15.0 Å². The molecule has 1 aliphatic rings. The molecule has 1 atom stereocenters. The van der Waals surface area contributed by atoms with Crippen LogP contribution in [-0.2, 0) is 9.59 Å². The summed E-state index contributed by atoms with van der Waals surface area (Å²) in [6.07, 6.45) is 0. The van der Waals surface area contributed by atoms with Gasteiger partial charge in [-0.1, -0.05) is 50.2 Å². The number of rotatable bonds is 8. The molecule has 0 spiro atoms. The van der Waals surface area contributed by atoms with E-state index < -0.39 is 16.9 Å². The first kappa shape index (κ1) is 28.4. The van der Waals surface area contributed by atoms with Gasteiger partial charge >= 0.3 is 0 Å². The minimum absolute atomic E-state index is 0.0233. The fourth-order valence-corrected chi connectivity index (χ4v) is 5.93. The molecule has 212 valence electrons. The number of hydrogen-bond acceptors (Lipinski definition) is 5. The molecule has 0 radical (unpaired) electrons. The summed E-state index contributed by atoms with van der Waals surface area (Å²) < 4.78 is 36.2. The Kier molecular flexibility index (Phi) is 8.39. The molecule has 4 aromatic rings. The van der Waals surface area contributed by atoms with Crippen LogP contribution in [0, 0.1) is 17.6 Å². The third kappa shape index (κ3) is 5.97. The van der Waals surface area contributed by atoms with Gasteiger partial charge in [0.2, 0.25) is 11.8 Å².